The van der Waals surface area contributed by atoms with Crippen molar-refractivity contribution < 1.29 is 37.2 Å². The predicted molar refractivity (Wildman–Crippen MR) is 64.9 cm³/mol. The molecule has 9 nitrogen and oxygen atoms in total. The number of nitrogens with zero attached hydrogens (tertiary/aromatic N) is 1. The van der Waals surface area contributed by atoms with E-state index in [1.54, 1.807) is 0 Å². The fourth-order valence-electron chi connectivity index (χ4n) is 2.37. The molecule has 2 rings (SSSR count). The molecule has 2 amide bonds. The van der Waals surface area contributed by atoms with Crippen molar-refractivity contribution in [3.05, 3.63) is 28.0 Å². The molecule has 0 spiro atoms. The molecule has 1 saturated heterocycles. The van der Waals surface area contributed by atoms with Gasteiger partial charge >= 0.3 is 18.1 Å². The van der Waals surface area contributed by atoms with Crippen LogP contribution in [0, 0.1) is 16.0 Å². The number of carbonyl (C=O) groups excluding carboxylic acids is 2. The van der Waals surface area contributed by atoms with Gasteiger partial charge in [-0.3, -0.25) is 14.9 Å². The molecule has 1 fully saturated rings. The highest BCUT2D eigenvalue weighted by atomic mass is 19.4. The minimum Gasteiger partial charge on any atom is -0.404 e. The van der Waals surface area contributed by atoms with Gasteiger partial charge in [-0.25, -0.2) is 4.79 Å². The van der Waals surface area contributed by atoms with Crippen LogP contribution in [0.4, 0.5) is 23.8 Å². The maximum Gasteiger partial charge on any atom is 0.437 e. The van der Waals surface area contributed by atoms with E-state index >= 15 is 0 Å². The van der Waals surface area contributed by atoms with Gasteiger partial charge < -0.3 is 20.2 Å². The predicted octanol–water partition coefficient (Wildman–Crippen LogP) is 0.998. The Kier molecular flexibility index (Phi) is 3.80. The third-order valence-corrected chi connectivity index (χ3v) is 3.34. The molecule has 0 aliphatic carbocycles. The van der Waals surface area contributed by atoms with Crippen LogP contribution in [0.15, 0.2) is 16.5 Å². The van der Waals surface area contributed by atoms with Crippen molar-refractivity contribution in [1.29, 1.82) is 0 Å². The molecular formula is C11H10F3N3O6. The van der Waals surface area contributed by atoms with Gasteiger partial charge in [-0.15, -0.1) is 0 Å². The molecule has 23 heavy (non-hydrogen) atoms. The van der Waals surface area contributed by atoms with Gasteiger partial charge in [-0.05, 0) is 13.0 Å². The number of furan rings is 1. The number of halogens is 3. The van der Waals surface area contributed by atoms with Gasteiger partial charge in [0, 0.05) is 0 Å². The zero-order valence-electron chi connectivity index (χ0n) is 11.4. The Morgan fingerprint density at radius 3 is 2.52 bits per heavy atom. The molecule has 126 valence electrons. The Hall–Kier alpha value is -2.63. The minimum atomic E-state index is -5.36. The van der Waals surface area contributed by atoms with Crippen molar-refractivity contribution in [3.63, 3.8) is 0 Å². The van der Waals surface area contributed by atoms with Crippen molar-refractivity contribution in [1.82, 2.24) is 10.6 Å². The van der Waals surface area contributed by atoms with Crippen LogP contribution in [0.3, 0.4) is 0 Å². The van der Waals surface area contributed by atoms with Crippen LogP contribution in [0.2, 0.25) is 0 Å². The fourth-order valence-corrected chi connectivity index (χ4v) is 2.37. The van der Waals surface area contributed by atoms with E-state index in [1.165, 1.54) is 5.32 Å². The molecule has 0 bridgehead atoms. The highest BCUT2D eigenvalue weighted by Crippen LogP contribution is 2.43. The number of hydrogen-bond acceptors (Lipinski definition) is 6. The van der Waals surface area contributed by atoms with Gasteiger partial charge in [0.15, 0.2) is 0 Å². The average Bonchev–Trinajstić information content (AvgIpc) is 2.85. The summed E-state index contributed by atoms with van der Waals surface area (Å²) >= 11 is 0. The monoisotopic (exact) mass is 337 g/mol. The lowest BCUT2D eigenvalue weighted by Gasteiger charge is -2.43. The summed E-state index contributed by atoms with van der Waals surface area (Å²) < 4.78 is 44.2. The third-order valence-electron chi connectivity index (χ3n) is 3.34. The Balaban J connectivity index is 2.53. The van der Waals surface area contributed by atoms with Crippen LogP contribution in [0.1, 0.15) is 18.7 Å². The van der Waals surface area contributed by atoms with E-state index in [-0.39, 0.29) is 0 Å². The van der Waals surface area contributed by atoms with Gasteiger partial charge in [0.05, 0.1) is 6.07 Å². The van der Waals surface area contributed by atoms with Gasteiger partial charge in [-0.1, -0.05) is 0 Å². The largest absolute Gasteiger partial charge is 0.437 e. The van der Waals surface area contributed by atoms with Crippen LogP contribution in [0.25, 0.3) is 0 Å². The number of nitro groups is 1. The first-order chi connectivity index (χ1) is 10.5. The molecule has 3 N–H and O–H groups in total. The van der Waals surface area contributed by atoms with Gasteiger partial charge in [-0.2, -0.15) is 13.2 Å². The van der Waals surface area contributed by atoms with Crippen LogP contribution in [-0.4, -0.2) is 33.7 Å². The molecule has 0 saturated carbocycles. The number of Topliss-reactive ketones (excluding diaryl/α,β-unsaturated/α-hetero) is 1. The summed E-state index contributed by atoms with van der Waals surface area (Å²) in [6, 6.07) is -1.35. The Bertz CT molecular complexity index is 672. The van der Waals surface area contributed by atoms with Crippen LogP contribution in [0.5, 0.6) is 0 Å². The van der Waals surface area contributed by atoms with Gasteiger partial charge in [0.1, 0.15) is 28.4 Å². The first kappa shape index (κ1) is 16.7. The van der Waals surface area contributed by atoms with Gasteiger partial charge in [0.2, 0.25) is 5.72 Å². The topological polar surface area (TPSA) is 135 Å². The minimum absolute atomic E-state index is 0.463. The number of hydrogen-bond donors (Lipinski definition) is 3. The molecular weight excluding hydrogens is 327 g/mol. The van der Waals surface area contributed by atoms with Crippen LogP contribution in [-0.2, 0) is 4.79 Å². The van der Waals surface area contributed by atoms with Crippen molar-refractivity contribution in [2.24, 2.45) is 5.92 Å². The molecule has 1 aromatic rings. The van der Waals surface area contributed by atoms with Crippen molar-refractivity contribution in [3.8, 4) is 0 Å². The molecule has 1 aromatic heterocycles. The number of alkyl halides is 3. The number of rotatable bonds is 3. The lowest BCUT2D eigenvalue weighted by Crippen LogP contribution is -2.72. The fraction of sp³-hybridized carbons (Fsp3) is 0.455. The van der Waals surface area contributed by atoms with Crippen molar-refractivity contribution >= 4 is 17.7 Å². The summed E-state index contributed by atoms with van der Waals surface area (Å²) in [5, 5.41) is 23.7. The van der Waals surface area contributed by atoms with E-state index in [9.17, 15) is 38.0 Å². The molecule has 3 atom stereocenters. The lowest BCUT2D eigenvalue weighted by molar-refractivity contribution is -0.402. The summed E-state index contributed by atoms with van der Waals surface area (Å²) in [6.45, 7) is 0.783. The average molecular weight is 337 g/mol. The molecule has 0 unspecified atom stereocenters. The zero-order valence-corrected chi connectivity index (χ0v) is 11.4. The number of carbonyl (C=O) groups is 2. The second-order valence-electron chi connectivity index (χ2n) is 4.86. The summed E-state index contributed by atoms with van der Waals surface area (Å²) in [4.78, 5) is 32.8. The molecule has 12 heteroatoms. The first-order valence-electron chi connectivity index (χ1n) is 6.09. The summed E-state index contributed by atoms with van der Waals surface area (Å²) in [5.41, 5.74) is -3.84. The van der Waals surface area contributed by atoms with Gasteiger partial charge in [0.25, 0.3) is 0 Å². The second-order valence-corrected chi connectivity index (χ2v) is 4.86. The van der Waals surface area contributed by atoms with E-state index in [0.717, 1.165) is 19.1 Å². The van der Waals surface area contributed by atoms with E-state index < -0.39 is 52.2 Å². The number of aliphatic hydroxyl groups is 1. The molecule has 0 radical (unpaired) electrons. The smallest absolute Gasteiger partial charge is 0.404 e. The Morgan fingerprint density at radius 1 is 1.48 bits per heavy atom. The van der Waals surface area contributed by atoms with Crippen molar-refractivity contribution in [2.45, 2.75) is 24.9 Å². The Labute approximate surface area is 125 Å². The third kappa shape index (κ3) is 2.72. The maximum absolute atomic E-state index is 13.1. The van der Waals surface area contributed by atoms with Crippen LogP contribution < -0.4 is 10.6 Å². The highest BCUT2D eigenvalue weighted by Gasteiger charge is 2.66. The lowest BCUT2D eigenvalue weighted by atomic mass is 9.81. The highest BCUT2D eigenvalue weighted by molar-refractivity contribution is 5.85. The van der Waals surface area contributed by atoms with E-state index in [0.29, 0.717) is 0 Å². The summed E-state index contributed by atoms with van der Waals surface area (Å²) in [5.74, 6) is -4.56. The molecule has 2 heterocycles. The number of ketones is 1. The number of amides is 2. The summed E-state index contributed by atoms with van der Waals surface area (Å²) in [6.07, 6.45) is -5.36. The van der Waals surface area contributed by atoms with Crippen LogP contribution >= 0.6 is 0 Å². The number of urea groups is 1. The normalized spacial score (nSPS) is 28.0. The quantitative estimate of drug-likeness (QED) is 0.556. The van der Waals surface area contributed by atoms with E-state index in [2.05, 4.69) is 0 Å². The molecule has 1 aliphatic heterocycles. The standard InChI is InChI=1S/C11H10F3N3O6/c1-4(18)7-8(5-2-3-6(23-5)17(21)22)15-9(19)16-10(7,20)11(12,13)14/h2-3,7-8,20H,1H3,(H2,15,16,19)/t7-,8+,10+/m1/s1. The summed E-state index contributed by atoms with van der Waals surface area (Å²) in [7, 11) is 0. The molecule has 0 aromatic carbocycles. The number of nitrogens with one attached hydrogen (secondary N) is 2. The Morgan fingerprint density at radius 2 is 2.09 bits per heavy atom. The second kappa shape index (κ2) is 5.22. The zero-order chi connectivity index (χ0) is 17.6. The van der Waals surface area contributed by atoms with E-state index in [4.69, 9.17) is 4.42 Å². The SMILES string of the molecule is CC(=O)[C@@H]1[C@H](c2ccc([N+](=O)[O-])o2)NC(=O)N[C@@]1(O)C(F)(F)F. The molecule has 1 aliphatic rings. The first-order valence-corrected chi connectivity index (χ1v) is 6.09. The maximum atomic E-state index is 13.1. The van der Waals surface area contributed by atoms with E-state index in [1.807, 2.05) is 5.32 Å². The van der Waals surface area contributed by atoms with Crippen molar-refractivity contribution in [2.75, 3.05) is 0 Å².